The van der Waals surface area contributed by atoms with Crippen LogP contribution in [0.2, 0.25) is 18.1 Å². The van der Waals surface area contributed by atoms with Crippen molar-refractivity contribution >= 4 is 14.3 Å². The summed E-state index contributed by atoms with van der Waals surface area (Å²) in [5, 5.41) is 0.154. The third kappa shape index (κ3) is 4.58. The molecule has 21 heavy (non-hydrogen) atoms. The molecule has 0 amide bonds. The van der Waals surface area contributed by atoms with Crippen LogP contribution >= 0.6 is 0 Å². The Bertz CT molecular complexity index is 432. The molecule has 0 radical (unpaired) electrons. The summed E-state index contributed by atoms with van der Waals surface area (Å²) in [4.78, 5) is 11.6. The van der Waals surface area contributed by atoms with Crippen LogP contribution in [0.25, 0.3) is 0 Å². The molecule has 0 bridgehead atoms. The van der Waals surface area contributed by atoms with Gasteiger partial charge in [0.15, 0.2) is 8.32 Å². The monoisotopic (exact) mass is 314 g/mol. The average molecular weight is 314 g/mol. The van der Waals surface area contributed by atoms with Crippen LogP contribution in [0.4, 0.5) is 0 Å². The second-order valence-electron chi connectivity index (χ2n) is 7.84. The van der Waals surface area contributed by atoms with Gasteiger partial charge in [0.1, 0.15) is 5.76 Å². The highest BCUT2D eigenvalue weighted by Crippen LogP contribution is 2.39. The maximum atomic E-state index is 11.6. The second-order valence-corrected chi connectivity index (χ2v) is 12.6. The van der Waals surface area contributed by atoms with Gasteiger partial charge in [-0.3, -0.25) is 0 Å². The molecular formula is C16H30O4Si. The Labute approximate surface area is 130 Å². The number of cyclic esters (lactones) is 1. The minimum atomic E-state index is -1.85. The van der Waals surface area contributed by atoms with Gasteiger partial charge in [0, 0.05) is 19.8 Å². The Balaban J connectivity index is 2.84. The third-order valence-corrected chi connectivity index (χ3v) is 8.98. The summed E-state index contributed by atoms with van der Waals surface area (Å²) >= 11 is 0. The molecule has 0 saturated heterocycles. The molecule has 0 aliphatic carbocycles. The molecule has 1 heterocycles. The van der Waals surface area contributed by atoms with Crippen molar-refractivity contribution < 1.29 is 18.7 Å². The van der Waals surface area contributed by atoms with Crippen LogP contribution in [0.5, 0.6) is 0 Å². The average Bonchev–Trinajstić information content (AvgIpc) is 2.22. The van der Waals surface area contributed by atoms with Crippen LogP contribution in [0.1, 0.15) is 48.5 Å². The lowest BCUT2D eigenvalue weighted by Crippen LogP contribution is -2.45. The lowest BCUT2D eigenvalue weighted by molar-refractivity contribution is -0.209. The van der Waals surface area contributed by atoms with Gasteiger partial charge >= 0.3 is 5.97 Å². The van der Waals surface area contributed by atoms with Crippen LogP contribution < -0.4 is 0 Å². The molecule has 0 aromatic carbocycles. The molecule has 122 valence electrons. The van der Waals surface area contributed by atoms with Crippen molar-refractivity contribution in [3.8, 4) is 0 Å². The van der Waals surface area contributed by atoms with E-state index in [1.807, 2.05) is 13.8 Å². The topological polar surface area (TPSA) is 44.8 Å². The normalized spacial score (nSPS) is 22.0. The molecule has 1 aliphatic rings. The van der Waals surface area contributed by atoms with E-state index in [-0.39, 0.29) is 23.0 Å². The van der Waals surface area contributed by atoms with Gasteiger partial charge in [-0.15, -0.1) is 0 Å². The Morgan fingerprint density at radius 1 is 1.19 bits per heavy atom. The highest BCUT2D eigenvalue weighted by Gasteiger charge is 2.41. The standard InChI is InChI=1S/C16H30O4Si/c1-11(12(2)20-21(8,9)15(3,4)5)13-10-14(17)19-16(6,7)18-13/h10-12H,1-9H3/t11-,12+/m0/s1. The van der Waals surface area contributed by atoms with E-state index in [0.717, 1.165) is 0 Å². The number of hydrogen-bond acceptors (Lipinski definition) is 4. The van der Waals surface area contributed by atoms with E-state index in [2.05, 4.69) is 33.9 Å². The Kier molecular flexibility index (Phi) is 5.00. The van der Waals surface area contributed by atoms with Crippen LogP contribution in [0.15, 0.2) is 11.8 Å². The van der Waals surface area contributed by atoms with Gasteiger partial charge in [-0.1, -0.05) is 27.7 Å². The molecule has 4 nitrogen and oxygen atoms in total. The fourth-order valence-corrected chi connectivity index (χ4v) is 3.41. The summed E-state index contributed by atoms with van der Waals surface area (Å²) in [5.74, 6) is -0.618. The van der Waals surface area contributed by atoms with Gasteiger partial charge in [0.2, 0.25) is 5.79 Å². The van der Waals surface area contributed by atoms with Crippen LogP contribution in [-0.2, 0) is 18.7 Å². The van der Waals surface area contributed by atoms with Gasteiger partial charge in [-0.05, 0) is 25.1 Å². The first kappa shape index (κ1) is 18.2. The van der Waals surface area contributed by atoms with Crippen LogP contribution in [-0.4, -0.2) is 26.2 Å². The number of rotatable bonds is 4. The SMILES string of the molecule is C[C@H](C1=CC(=O)OC(C)(C)O1)[C@@H](C)O[Si](C)(C)C(C)(C)C. The smallest absolute Gasteiger partial charge is 0.337 e. The lowest BCUT2D eigenvalue weighted by atomic mass is 10.0. The van der Waals surface area contributed by atoms with Crippen molar-refractivity contribution in [1.82, 2.24) is 0 Å². The minimum Gasteiger partial charge on any atom is -0.457 e. The van der Waals surface area contributed by atoms with Crippen LogP contribution in [0, 0.1) is 5.92 Å². The van der Waals surface area contributed by atoms with Crippen molar-refractivity contribution in [2.45, 2.75) is 78.5 Å². The van der Waals surface area contributed by atoms with E-state index < -0.39 is 14.1 Å². The number of carbonyl (C=O) groups excluding carboxylic acids is 1. The maximum absolute atomic E-state index is 11.6. The summed E-state index contributed by atoms with van der Waals surface area (Å²) in [6, 6.07) is 0. The molecular weight excluding hydrogens is 284 g/mol. The first-order chi connectivity index (χ1) is 9.25. The maximum Gasteiger partial charge on any atom is 0.337 e. The van der Waals surface area contributed by atoms with Crippen molar-refractivity contribution in [2.24, 2.45) is 5.92 Å². The van der Waals surface area contributed by atoms with Gasteiger partial charge in [-0.2, -0.15) is 0 Å². The molecule has 0 aromatic rings. The minimum absolute atomic E-state index is 0.00579. The van der Waals surface area contributed by atoms with Gasteiger partial charge in [0.05, 0.1) is 12.2 Å². The van der Waals surface area contributed by atoms with Gasteiger partial charge < -0.3 is 13.9 Å². The number of esters is 1. The zero-order valence-electron chi connectivity index (χ0n) is 14.9. The highest BCUT2D eigenvalue weighted by molar-refractivity contribution is 6.74. The van der Waals surface area contributed by atoms with Crippen molar-refractivity contribution in [1.29, 1.82) is 0 Å². The largest absolute Gasteiger partial charge is 0.457 e. The zero-order valence-corrected chi connectivity index (χ0v) is 15.9. The fraction of sp³-hybridized carbons (Fsp3) is 0.812. The Morgan fingerprint density at radius 2 is 1.71 bits per heavy atom. The summed E-state index contributed by atoms with van der Waals surface area (Å²) < 4.78 is 17.3. The van der Waals surface area contributed by atoms with Crippen molar-refractivity contribution in [3.63, 3.8) is 0 Å². The molecule has 0 aromatic heterocycles. The first-order valence-electron chi connectivity index (χ1n) is 7.56. The third-order valence-electron chi connectivity index (χ3n) is 4.41. The molecule has 2 atom stereocenters. The van der Waals surface area contributed by atoms with E-state index in [9.17, 15) is 4.79 Å². The predicted octanol–water partition coefficient (Wildman–Crippen LogP) is 4.23. The van der Waals surface area contributed by atoms with Gasteiger partial charge in [0.25, 0.3) is 0 Å². The number of carbonyl (C=O) groups is 1. The molecule has 0 saturated carbocycles. The van der Waals surface area contributed by atoms with Crippen molar-refractivity contribution in [2.75, 3.05) is 0 Å². The second kappa shape index (κ2) is 5.76. The predicted molar refractivity (Wildman–Crippen MR) is 86.2 cm³/mol. The van der Waals surface area contributed by atoms with E-state index >= 15 is 0 Å². The van der Waals surface area contributed by atoms with E-state index in [4.69, 9.17) is 13.9 Å². The molecule has 5 heteroatoms. The summed E-state index contributed by atoms with van der Waals surface area (Å²) in [5.41, 5.74) is 0. The number of hydrogen-bond donors (Lipinski definition) is 0. The molecule has 0 fully saturated rings. The van der Waals surface area contributed by atoms with Gasteiger partial charge in [-0.25, -0.2) is 4.79 Å². The molecule has 0 spiro atoms. The Hall–Kier alpha value is -0.813. The zero-order chi connectivity index (χ0) is 16.6. The summed E-state index contributed by atoms with van der Waals surface area (Å²) in [7, 11) is -1.85. The van der Waals surface area contributed by atoms with Crippen LogP contribution in [0.3, 0.4) is 0 Å². The quantitative estimate of drug-likeness (QED) is 0.575. The Morgan fingerprint density at radius 3 is 2.14 bits per heavy atom. The lowest BCUT2D eigenvalue weighted by Gasteiger charge is -2.41. The highest BCUT2D eigenvalue weighted by atomic mass is 28.4. The molecule has 0 unspecified atom stereocenters. The van der Waals surface area contributed by atoms with E-state index in [0.29, 0.717) is 5.76 Å². The summed E-state index contributed by atoms with van der Waals surface area (Å²) in [6.45, 7) is 18.7. The first-order valence-corrected chi connectivity index (χ1v) is 10.5. The fourth-order valence-electron chi connectivity index (χ4n) is 1.92. The number of ether oxygens (including phenoxy) is 2. The van der Waals surface area contributed by atoms with Crippen molar-refractivity contribution in [3.05, 3.63) is 11.8 Å². The molecule has 0 N–H and O–H groups in total. The van der Waals surface area contributed by atoms with E-state index in [1.165, 1.54) is 6.08 Å². The molecule has 1 aliphatic heterocycles. The van der Waals surface area contributed by atoms with E-state index in [1.54, 1.807) is 13.8 Å². The summed E-state index contributed by atoms with van der Waals surface area (Å²) in [6.07, 6.45) is 1.42. The molecule has 1 rings (SSSR count).